The van der Waals surface area contributed by atoms with Gasteiger partial charge in [-0.05, 0) is 26.0 Å². The Morgan fingerprint density at radius 2 is 2.10 bits per heavy atom. The minimum atomic E-state index is -1.07. The van der Waals surface area contributed by atoms with E-state index < -0.39 is 11.6 Å². The van der Waals surface area contributed by atoms with E-state index in [4.69, 9.17) is 10.5 Å². The number of fused-ring (bicyclic) bond motifs is 1. The average Bonchev–Trinajstić information content (AvgIpc) is 2.60. The molecule has 6 heteroatoms. The molecule has 1 aliphatic rings. The Morgan fingerprint density at radius 1 is 1.45 bits per heavy atom. The topological polar surface area (TPSA) is 81.9 Å². The Bertz CT molecular complexity index is 585. The van der Waals surface area contributed by atoms with Crippen LogP contribution in [-0.4, -0.2) is 32.6 Å². The van der Waals surface area contributed by atoms with Gasteiger partial charge in [0.1, 0.15) is 0 Å². The zero-order valence-electron chi connectivity index (χ0n) is 12.0. The molecule has 1 amide bonds. The Kier molecular flexibility index (Phi) is 3.43. The second-order valence-electron chi connectivity index (χ2n) is 4.78. The highest BCUT2D eigenvalue weighted by atomic mass is 16.5. The van der Waals surface area contributed by atoms with Crippen molar-refractivity contribution in [3.63, 3.8) is 0 Å². The van der Waals surface area contributed by atoms with Crippen molar-refractivity contribution in [3.05, 3.63) is 23.3 Å². The molecular formula is C14H18N2O4. The molecule has 1 atom stereocenters. The predicted molar refractivity (Wildman–Crippen MR) is 74.6 cm³/mol. The fourth-order valence-corrected chi connectivity index (χ4v) is 2.52. The summed E-state index contributed by atoms with van der Waals surface area (Å²) in [4.78, 5) is 25.5. The zero-order chi connectivity index (χ0) is 15.1. The minimum Gasteiger partial charge on any atom is -0.465 e. The lowest BCUT2D eigenvalue weighted by Crippen LogP contribution is -2.38. The van der Waals surface area contributed by atoms with Gasteiger partial charge in [-0.1, -0.05) is 0 Å². The maximum atomic E-state index is 12.4. The van der Waals surface area contributed by atoms with Gasteiger partial charge in [-0.15, -0.1) is 0 Å². The van der Waals surface area contributed by atoms with Crippen LogP contribution in [0.2, 0.25) is 0 Å². The predicted octanol–water partition coefficient (Wildman–Crippen LogP) is 1.28. The van der Waals surface area contributed by atoms with Crippen molar-refractivity contribution in [1.82, 2.24) is 0 Å². The number of amides is 1. The van der Waals surface area contributed by atoms with Crippen LogP contribution in [0.3, 0.4) is 0 Å². The molecule has 20 heavy (non-hydrogen) atoms. The smallest absolute Gasteiger partial charge is 0.340 e. The van der Waals surface area contributed by atoms with E-state index in [2.05, 4.69) is 4.74 Å². The monoisotopic (exact) mass is 278 g/mol. The number of hydrogen-bond acceptors (Lipinski definition) is 5. The highest BCUT2D eigenvalue weighted by Gasteiger charge is 2.47. The molecule has 0 aromatic heterocycles. The van der Waals surface area contributed by atoms with E-state index in [1.165, 1.54) is 12.0 Å². The van der Waals surface area contributed by atoms with Crippen molar-refractivity contribution in [2.24, 2.45) is 0 Å². The number of likely N-dealkylation sites (N-methyl/N-ethyl adjacent to an activating group) is 1. The minimum absolute atomic E-state index is 0.184. The van der Waals surface area contributed by atoms with Crippen LogP contribution < -0.4 is 10.6 Å². The number of carbonyl (C=O) groups is 2. The van der Waals surface area contributed by atoms with Gasteiger partial charge in [0.2, 0.25) is 0 Å². The van der Waals surface area contributed by atoms with E-state index in [-0.39, 0.29) is 17.2 Å². The molecule has 1 aromatic carbocycles. The number of nitrogens with two attached hydrogens (primary N) is 1. The van der Waals surface area contributed by atoms with Crippen molar-refractivity contribution < 1.29 is 19.1 Å². The van der Waals surface area contributed by atoms with Crippen molar-refractivity contribution in [1.29, 1.82) is 0 Å². The third kappa shape index (κ3) is 1.84. The molecule has 1 heterocycles. The molecule has 0 saturated carbocycles. The second kappa shape index (κ2) is 4.79. The van der Waals surface area contributed by atoms with E-state index in [1.54, 1.807) is 26.1 Å². The van der Waals surface area contributed by atoms with Crippen LogP contribution >= 0.6 is 0 Å². The number of benzene rings is 1. The van der Waals surface area contributed by atoms with Crippen LogP contribution in [0.5, 0.6) is 0 Å². The summed E-state index contributed by atoms with van der Waals surface area (Å²) in [7, 11) is 2.93. The van der Waals surface area contributed by atoms with Gasteiger partial charge in [0, 0.05) is 24.9 Å². The van der Waals surface area contributed by atoms with Gasteiger partial charge >= 0.3 is 5.97 Å². The van der Waals surface area contributed by atoms with Crippen molar-refractivity contribution in [2.75, 3.05) is 31.4 Å². The lowest BCUT2D eigenvalue weighted by molar-refractivity contribution is -0.140. The molecule has 0 radical (unpaired) electrons. The van der Waals surface area contributed by atoms with Gasteiger partial charge in [-0.25, -0.2) is 4.79 Å². The molecule has 108 valence electrons. The first kappa shape index (κ1) is 14.3. The molecule has 2 rings (SSSR count). The molecule has 2 N–H and O–H groups in total. The van der Waals surface area contributed by atoms with Gasteiger partial charge < -0.3 is 20.1 Å². The summed E-state index contributed by atoms with van der Waals surface area (Å²) in [6, 6.07) is 3.18. The largest absolute Gasteiger partial charge is 0.465 e. The molecule has 1 aliphatic heterocycles. The summed E-state index contributed by atoms with van der Waals surface area (Å²) in [5, 5.41) is 0. The number of methoxy groups -OCH3 is 1. The first-order chi connectivity index (χ1) is 9.36. The third-order valence-corrected chi connectivity index (χ3v) is 3.59. The summed E-state index contributed by atoms with van der Waals surface area (Å²) in [6.07, 6.45) is 0. The van der Waals surface area contributed by atoms with E-state index in [1.807, 2.05) is 6.92 Å². The fraction of sp³-hybridized carbons (Fsp3) is 0.429. The molecular weight excluding hydrogens is 260 g/mol. The summed E-state index contributed by atoms with van der Waals surface area (Å²) in [6.45, 7) is 3.93. The van der Waals surface area contributed by atoms with E-state index >= 15 is 0 Å². The first-order valence-corrected chi connectivity index (χ1v) is 6.31. The summed E-state index contributed by atoms with van der Waals surface area (Å²) in [5.74, 6) is -0.716. The third-order valence-electron chi connectivity index (χ3n) is 3.59. The van der Waals surface area contributed by atoms with Gasteiger partial charge in [0.15, 0.2) is 5.60 Å². The standard InChI is InChI=1S/C14H18N2O4/c1-5-20-14(2)9-7-10(15)8(12(17)19-4)6-11(9)16(3)13(14)18/h6-7H,5,15H2,1-4H3. The van der Waals surface area contributed by atoms with Gasteiger partial charge in [0.25, 0.3) is 5.91 Å². The van der Waals surface area contributed by atoms with Gasteiger partial charge in [0.05, 0.1) is 18.4 Å². The molecule has 0 saturated heterocycles. The molecule has 0 bridgehead atoms. The number of hydrogen-bond donors (Lipinski definition) is 1. The molecule has 0 spiro atoms. The van der Waals surface area contributed by atoms with Crippen LogP contribution in [0.15, 0.2) is 12.1 Å². The zero-order valence-corrected chi connectivity index (χ0v) is 12.0. The van der Waals surface area contributed by atoms with Crippen LogP contribution in [-0.2, 0) is 19.9 Å². The Hall–Kier alpha value is -2.08. The molecule has 0 fully saturated rings. The number of rotatable bonds is 3. The Morgan fingerprint density at radius 3 is 2.65 bits per heavy atom. The number of esters is 1. The number of anilines is 2. The van der Waals surface area contributed by atoms with Gasteiger partial charge in [-0.2, -0.15) is 0 Å². The summed E-state index contributed by atoms with van der Waals surface area (Å²) < 4.78 is 10.3. The maximum absolute atomic E-state index is 12.4. The lowest BCUT2D eigenvalue weighted by Gasteiger charge is -2.23. The number of nitrogens with zero attached hydrogens (tertiary/aromatic N) is 1. The van der Waals surface area contributed by atoms with E-state index in [0.717, 1.165) is 0 Å². The highest BCUT2D eigenvalue weighted by Crippen LogP contribution is 2.43. The number of nitrogen functional groups attached to an aromatic ring is 1. The molecule has 1 unspecified atom stereocenters. The molecule has 0 aliphatic carbocycles. The van der Waals surface area contributed by atoms with Crippen LogP contribution in [0.25, 0.3) is 0 Å². The molecule has 6 nitrogen and oxygen atoms in total. The van der Waals surface area contributed by atoms with Crippen molar-refractivity contribution >= 4 is 23.3 Å². The van der Waals surface area contributed by atoms with E-state index in [0.29, 0.717) is 17.9 Å². The van der Waals surface area contributed by atoms with Crippen LogP contribution in [0.4, 0.5) is 11.4 Å². The number of ether oxygens (including phenoxy) is 2. The van der Waals surface area contributed by atoms with Gasteiger partial charge in [-0.3, -0.25) is 4.79 Å². The highest BCUT2D eigenvalue weighted by molar-refractivity contribution is 6.09. The van der Waals surface area contributed by atoms with Crippen LogP contribution in [0.1, 0.15) is 29.8 Å². The van der Waals surface area contributed by atoms with Crippen molar-refractivity contribution in [2.45, 2.75) is 19.4 Å². The molecule has 1 aromatic rings. The lowest BCUT2D eigenvalue weighted by atomic mass is 9.95. The summed E-state index contributed by atoms with van der Waals surface area (Å²) in [5.41, 5.74) is 6.61. The second-order valence-corrected chi connectivity index (χ2v) is 4.78. The normalized spacial score (nSPS) is 21.0. The van der Waals surface area contributed by atoms with E-state index in [9.17, 15) is 9.59 Å². The maximum Gasteiger partial charge on any atom is 0.340 e. The average molecular weight is 278 g/mol. The quantitative estimate of drug-likeness (QED) is 0.665. The van der Waals surface area contributed by atoms with Crippen LogP contribution in [0, 0.1) is 0 Å². The Balaban J connectivity index is 2.63. The first-order valence-electron chi connectivity index (χ1n) is 6.31. The number of carbonyl (C=O) groups excluding carboxylic acids is 2. The fourth-order valence-electron chi connectivity index (χ4n) is 2.52. The van der Waals surface area contributed by atoms with Crippen molar-refractivity contribution in [3.8, 4) is 0 Å². The SMILES string of the molecule is CCOC1(C)C(=O)N(C)c2cc(C(=O)OC)c(N)cc21. The Labute approximate surface area is 117 Å². The summed E-state index contributed by atoms with van der Waals surface area (Å²) >= 11 is 0.